The number of carbonyl (C=O) groups excluding carboxylic acids is 3. The fourth-order valence-corrected chi connectivity index (χ4v) is 1.42. The number of esters is 1. The molecule has 0 spiro atoms. The SMILES string of the molecule is CCOC(=O)CCC(=O)N[C@H](C(N)=O)[C@@H](C)CC. The van der Waals surface area contributed by atoms with Crippen molar-refractivity contribution in [2.75, 3.05) is 6.61 Å². The van der Waals surface area contributed by atoms with Crippen LogP contribution >= 0.6 is 0 Å². The summed E-state index contributed by atoms with van der Waals surface area (Å²) < 4.78 is 4.70. The first kappa shape index (κ1) is 16.4. The van der Waals surface area contributed by atoms with E-state index >= 15 is 0 Å². The maximum Gasteiger partial charge on any atom is 0.306 e. The van der Waals surface area contributed by atoms with E-state index in [1.54, 1.807) is 6.92 Å². The van der Waals surface area contributed by atoms with E-state index in [0.717, 1.165) is 6.42 Å². The third kappa shape index (κ3) is 6.22. The van der Waals surface area contributed by atoms with Gasteiger partial charge in [-0.2, -0.15) is 0 Å². The predicted octanol–water partition coefficient (Wildman–Crippen LogP) is 0.346. The van der Waals surface area contributed by atoms with Gasteiger partial charge in [0.1, 0.15) is 6.04 Å². The first-order valence-electron chi connectivity index (χ1n) is 6.16. The van der Waals surface area contributed by atoms with Crippen molar-refractivity contribution < 1.29 is 19.1 Å². The second kappa shape index (κ2) is 8.49. The third-order valence-electron chi connectivity index (χ3n) is 2.70. The van der Waals surface area contributed by atoms with Crippen molar-refractivity contribution in [2.45, 2.75) is 46.1 Å². The van der Waals surface area contributed by atoms with Gasteiger partial charge >= 0.3 is 5.97 Å². The molecule has 0 unspecified atom stereocenters. The quantitative estimate of drug-likeness (QED) is 0.613. The summed E-state index contributed by atoms with van der Waals surface area (Å²) in [7, 11) is 0. The van der Waals surface area contributed by atoms with E-state index in [1.807, 2.05) is 13.8 Å². The highest BCUT2D eigenvalue weighted by molar-refractivity contribution is 5.88. The zero-order valence-electron chi connectivity index (χ0n) is 11.2. The van der Waals surface area contributed by atoms with Gasteiger partial charge in [-0.25, -0.2) is 0 Å². The highest BCUT2D eigenvalue weighted by Gasteiger charge is 2.23. The Labute approximate surface area is 107 Å². The molecule has 0 bridgehead atoms. The van der Waals surface area contributed by atoms with Gasteiger partial charge in [-0.15, -0.1) is 0 Å². The lowest BCUT2D eigenvalue weighted by atomic mass is 9.98. The van der Waals surface area contributed by atoms with Crippen LogP contribution in [0.4, 0.5) is 0 Å². The van der Waals surface area contributed by atoms with E-state index in [1.165, 1.54) is 0 Å². The molecule has 6 heteroatoms. The topological polar surface area (TPSA) is 98.5 Å². The Morgan fingerprint density at radius 1 is 1.22 bits per heavy atom. The van der Waals surface area contributed by atoms with E-state index in [-0.39, 0.29) is 31.3 Å². The number of amides is 2. The van der Waals surface area contributed by atoms with Gasteiger partial charge < -0.3 is 15.8 Å². The Morgan fingerprint density at radius 2 is 1.83 bits per heavy atom. The van der Waals surface area contributed by atoms with Gasteiger partial charge in [0.25, 0.3) is 0 Å². The Hall–Kier alpha value is -1.59. The normalized spacial score (nSPS) is 13.5. The second-order valence-electron chi connectivity index (χ2n) is 4.14. The number of primary amides is 1. The molecule has 6 nitrogen and oxygen atoms in total. The molecule has 0 heterocycles. The number of carbonyl (C=O) groups is 3. The Balaban J connectivity index is 4.19. The monoisotopic (exact) mass is 258 g/mol. The first-order valence-corrected chi connectivity index (χ1v) is 6.16. The van der Waals surface area contributed by atoms with Crippen LogP contribution in [0.15, 0.2) is 0 Å². The molecule has 0 aromatic heterocycles. The molecule has 0 aliphatic heterocycles. The van der Waals surface area contributed by atoms with E-state index in [9.17, 15) is 14.4 Å². The maximum atomic E-state index is 11.6. The Bertz CT molecular complexity index is 304. The molecule has 0 saturated carbocycles. The minimum Gasteiger partial charge on any atom is -0.466 e. The van der Waals surface area contributed by atoms with Crippen LogP contribution in [0.2, 0.25) is 0 Å². The van der Waals surface area contributed by atoms with Gasteiger partial charge in [0.2, 0.25) is 11.8 Å². The summed E-state index contributed by atoms with van der Waals surface area (Å²) in [4.78, 5) is 33.8. The average Bonchev–Trinajstić information content (AvgIpc) is 2.32. The fourth-order valence-electron chi connectivity index (χ4n) is 1.42. The number of hydrogen-bond donors (Lipinski definition) is 2. The smallest absolute Gasteiger partial charge is 0.306 e. The molecular formula is C12H22N2O4. The van der Waals surface area contributed by atoms with E-state index < -0.39 is 17.9 Å². The van der Waals surface area contributed by atoms with Crippen molar-refractivity contribution in [3.05, 3.63) is 0 Å². The zero-order chi connectivity index (χ0) is 14.1. The van der Waals surface area contributed by atoms with Crippen LogP contribution in [0.25, 0.3) is 0 Å². The molecule has 104 valence electrons. The highest BCUT2D eigenvalue weighted by atomic mass is 16.5. The largest absolute Gasteiger partial charge is 0.466 e. The summed E-state index contributed by atoms with van der Waals surface area (Å²) >= 11 is 0. The van der Waals surface area contributed by atoms with Crippen LogP contribution < -0.4 is 11.1 Å². The summed E-state index contributed by atoms with van der Waals surface area (Å²) in [5, 5.41) is 2.54. The van der Waals surface area contributed by atoms with Crippen molar-refractivity contribution in [3.8, 4) is 0 Å². The summed E-state index contributed by atoms with van der Waals surface area (Å²) in [5.74, 6) is -1.39. The van der Waals surface area contributed by atoms with Crippen molar-refractivity contribution in [2.24, 2.45) is 11.7 Å². The van der Waals surface area contributed by atoms with Crippen LogP contribution in [0, 0.1) is 5.92 Å². The number of hydrogen-bond acceptors (Lipinski definition) is 4. The number of nitrogens with one attached hydrogen (secondary N) is 1. The molecule has 0 radical (unpaired) electrons. The van der Waals surface area contributed by atoms with Crippen LogP contribution in [0.5, 0.6) is 0 Å². The number of rotatable bonds is 8. The lowest BCUT2D eigenvalue weighted by Gasteiger charge is -2.20. The minimum atomic E-state index is -0.690. The predicted molar refractivity (Wildman–Crippen MR) is 66.4 cm³/mol. The van der Waals surface area contributed by atoms with Crippen molar-refractivity contribution in [3.63, 3.8) is 0 Å². The summed E-state index contributed by atoms with van der Waals surface area (Å²) in [6.07, 6.45) is 0.733. The van der Waals surface area contributed by atoms with Crippen molar-refractivity contribution in [1.82, 2.24) is 5.32 Å². The number of nitrogens with two attached hydrogens (primary N) is 1. The molecule has 0 fully saturated rings. The molecule has 0 rings (SSSR count). The lowest BCUT2D eigenvalue weighted by molar-refractivity contribution is -0.144. The molecule has 0 aliphatic carbocycles. The second-order valence-corrected chi connectivity index (χ2v) is 4.14. The highest BCUT2D eigenvalue weighted by Crippen LogP contribution is 2.07. The van der Waals surface area contributed by atoms with Crippen LogP contribution in [0.1, 0.15) is 40.0 Å². The average molecular weight is 258 g/mol. The third-order valence-corrected chi connectivity index (χ3v) is 2.70. The summed E-state index contributed by atoms with van der Waals surface area (Å²) in [6.45, 7) is 5.73. The van der Waals surface area contributed by atoms with Crippen LogP contribution in [-0.2, 0) is 19.1 Å². The van der Waals surface area contributed by atoms with Crippen LogP contribution in [-0.4, -0.2) is 30.4 Å². The molecule has 0 aromatic carbocycles. The molecule has 2 atom stereocenters. The molecule has 3 N–H and O–H groups in total. The maximum absolute atomic E-state index is 11.6. The van der Waals surface area contributed by atoms with Gasteiger partial charge in [0, 0.05) is 6.42 Å². The molecule has 2 amide bonds. The summed E-state index contributed by atoms with van der Waals surface area (Å²) in [6, 6.07) is -0.690. The summed E-state index contributed by atoms with van der Waals surface area (Å²) in [5.41, 5.74) is 5.22. The van der Waals surface area contributed by atoms with Gasteiger partial charge in [-0.05, 0) is 12.8 Å². The zero-order valence-corrected chi connectivity index (χ0v) is 11.2. The van der Waals surface area contributed by atoms with Gasteiger partial charge in [-0.1, -0.05) is 20.3 Å². The standard InChI is InChI=1S/C12H22N2O4/c1-4-8(3)11(12(13)17)14-9(15)6-7-10(16)18-5-2/h8,11H,4-7H2,1-3H3,(H2,13,17)(H,14,15)/t8-,11-/m0/s1. The van der Waals surface area contributed by atoms with E-state index in [4.69, 9.17) is 10.5 Å². The van der Waals surface area contributed by atoms with Gasteiger partial charge in [-0.3, -0.25) is 14.4 Å². The van der Waals surface area contributed by atoms with E-state index in [2.05, 4.69) is 5.32 Å². The van der Waals surface area contributed by atoms with Gasteiger partial charge in [0.05, 0.1) is 13.0 Å². The molecule has 18 heavy (non-hydrogen) atoms. The lowest BCUT2D eigenvalue weighted by Crippen LogP contribution is -2.48. The van der Waals surface area contributed by atoms with Crippen molar-refractivity contribution in [1.29, 1.82) is 0 Å². The van der Waals surface area contributed by atoms with Crippen LogP contribution in [0.3, 0.4) is 0 Å². The Kier molecular flexibility index (Phi) is 7.74. The van der Waals surface area contributed by atoms with Gasteiger partial charge in [0.15, 0.2) is 0 Å². The van der Waals surface area contributed by atoms with E-state index in [0.29, 0.717) is 0 Å². The molecule has 0 saturated heterocycles. The Morgan fingerprint density at radius 3 is 2.28 bits per heavy atom. The first-order chi connectivity index (χ1) is 8.42. The number of ether oxygens (including phenoxy) is 1. The molecular weight excluding hydrogens is 236 g/mol. The fraction of sp³-hybridized carbons (Fsp3) is 0.750. The minimum absolute atomic E-state index is 0.000945. The van der Waals surface area contributed by atoms with Crippen molar-refractivity contribution >= 4 is 17.8 Å². The molecule has 0 aromatic rings. The molecule has 0 aliphatic rings.